The molecule has 2 aromatic rings. The van der Waals surface area contributed by atoms with Crippen molar-refractivity contribution >= 4 is 29.3 Å². The van der Waals surface area contributed by atoms with Crippen LogP contribution in [0.2, 0.25) is 0 Å². The molecule has 1 atom stereocenters. The van der Waals surface area contributed by atoms with E-state index >= 15 is 0 Å². The molecule has 0 saturated carbocycles. The monoisotopic (exact) mass is 361 g/mol. The molecule has 0 saturated heterocycles. The maximum Gasteiger partial charge on any atom is 0.238 e. The molecule has 0 fully saturated rings. The summed E-state index contributed by atoms with van der Waals surface area (Å²) in [5.41, 5.74) is 0.782. The summed E-state index contributed by atoms with van der Waals surface area (Å²) in [6.07, 6.45) is 3.53. The van der Waals surface area contributed by atoms with E-state index in [1.165, 1.54) is 0 Å². The van der Waals surface area contributed by atoms with Crippen LogP contribution in [0.15, 0.2) is 52.0 Å². The van der Waals surface area contributed by atoms with Crippen LogP contribution in [0.4, 0.5) is 5.69 Å². The normalized spacial score (nSPS) is 12.0. The second-order valence-corrected chi connectivity index (χ2v) is 6.57. The first-order valence-electron chi connectivity index (χ1n) is 7.93. The molecule has 6 nitrogen and oxygen atoms in total. The fourth-order valence-electron chi connectivity index (χ4n) is 2.38. The molecule has 25 heavy (non-hydrogen) atoms. The highest BCUT2D eigenvalue weighted by atomic mass is 32.2. The Hall–Kier alpha value is -2.25. The molecule has 134 valence electrons. The summed E-state index contributed by atoms with van der Waals surface area (Å²) in [7, 11) is 1.73. The minimum Gasteiger partial charge on any atom is -0.467 e. The van der Waals surface area contributed by atoms with E-state index in [0.29, 0.717) is 5.76 Å². The van der Waals surface area contributed by atoms with Crippen LogP contribution >= 0.6 is 11.8 Å². The number of thioether (sulfide) groups is 1. The van der Waals surface area contributed by atoms with Crippen LogP contribution in [0.5, 0.6) is 0 Å². The minimum absolute atomic E-state index is 0.128. The molecule has 0 radical (unpaired) electrons. The molecule has 2 N–H and O–H groups in total. The van der Waals surface area contributed by atoms with Gasteiger partial charge in [0.2, 0.25) is 11.8 Å². The molecule has 0 bridgehead atoms. The fraction of sp³-hybridized carbons (Fsp3) is 0.333. The van der Waals surface area contributed by atoms with Crippen LogP contribution in [0.1, 0.15) is 18.7 Å². The van der Waals surface area contributed by atoms with E-state index in [9.17, 15) is 9.59 Å². The summed E-state index contributed by atoms with van der Waals surface area (Å²) < 4.78 is 5.26. The molecule has 1 aromatic carbocycles. The van der Waals surface area contributed by atoms with E-state index in [2.05, 4.69) is 10.6 Å². The van der Waals surface area contributed by atoms with Crippen molar-refractivity contribution in [2.45, 2.75) is 17.9 Å². The zero-order valence-corrected chi connectivity index (χ0v) is 15.4. The summed E-state index contributed by atoms with van der Waals surface area (Å²) in [4.78, 5) is 26.9. The lowest BCUT2D eigenvalue weighted by atomic mass is 10.2. The van der Waals surface area contributed by atoms with Crippen LogP contribution in [0.3, 0.4) is 0 Å². The number of benzene rings is 1. The largest absolute Gasteiger partial charge is 0.467 e. The van der Waals surface area contributed by atoms with E-state index in [1.54, 1.807) is 36.0 Å². The number of carbonyl (C=O) groups is 2. The van der Waals surface area contributed by atoms with Gasteiger partial charge in [0, 0.05) is 4.90 Å². The number of nitrogens with zero attached hydrogens (tertiary/aromatic N) is 1. The highest BCUT2D eigenvalue weighted by molar-refractivity contribution is 7.98. The maximum absolute atomic E-state index is 12.2. The fourth-order valence-corrected chi connectivity index (χ4v) is 2.93. The molecule has 0 spiro atoms. The first-order valence-corrected chi connectivity index (χ1v) is 9.16. The van der Waals surface area contributed by atoms with Crippen molar-refractivity contribution in [2.24, 2.45) is 0 Å². The number of amides is 2. The summed E-state index contributed by atoms with van der Waals surface area (Å²) >= 11 is 1.57. The SMILES string of the molecule is CSc1ccccc1NC(=O)CN(C)CC(=O)N[C@@H](C)c1ccco1. The molecule has 1 aromatic heterocycles. The quantitative estimate of drug-likeness (QED) is 0.707. The highest BCUT2D eigenvalue weighted by Crippen LogP contribution is 2.24. The Morgan fingerprint density at radius 1 is 1.16 bits per heavy atom. The van der Waals surface area contributed by atoms with Gasteiger partial charge < -0.3 is 15.1 Å². The van der Waals surface area contributed by atoms with E-state index in [-0.39, 0.29) is 30.9 Å². The van der Waals surface area contributed by atoms with Gasteiger partial charge in [-0.2, -0.15) is 0 Å². The van der Waals surface area contributed by atoms with Gasteiger partial charge in [-0.05, 0) is 44.5 Å². The Kier molecular flexibility index (Phi) is 7.09. The van der Waals surface area contributed by atoms with Crippen LogP contribution in [0, 0.1) is 0 Å². The maximum atomic E-state index is 12.2. The number of rotatable bonds is 8. The number of carbonyl (C=O) groups excluding carboxylic acids is 2. The molecule has 2 amide bonds. The molecule has 0 aliphatic rings. The van der Waals surface area contributed by atoms with Gasteiger partial charge in [0.25, 0.3) is 0 Å². The molecule has 1 heterocycles. The minimum atomic E-state index is -0.210. The lowest BCUT2D eigenvalue weighted by molar-refractivity contribution is -0.123. The van der Waals surface area contributed by atoms with Crippen molar-refractivity contribution in [1.82, 2.24) is 10.2 Å². The first kappa shape index (κ1) is 19.1. The highest BCUT2D eigenvalue weighted by Gasteiger charge is 2.15. The van der Waals surface area contributed by atoms with Crippen LogP contribution < -0.4 is 10.6 Å². The average molecular weight is 361 g/mol. The van der Waals surface area contributed by atoms with Crippen molar-refractivity contribution in [3.8, 4) is 0 Å². The van der Waals surface area contributed by atoms with Crippen molar-refractivity contribution in [2.75, 3.05) is 31.7 Å². The number of hydrogen-bond donors (Lipinski definition) is 2. The Bertz CT molecular complexity index is 703. The number of likely N-dealkylation sites (N-methyl/N-ethyl adjacent to an activating group) is 1. The predicted octanol–water partition coefficient (Wildman–Crippen LogP) is 2.75. The smallest absolute Gasteiger partial charge is 0.238 e. The molecule has 0 unspecified atom stereocenters. The van der Waals surface area contributed by atoms with Gasteiger partial charge in [-0.3, -0.25) is 14.5 Å². The topological polar surface area (TPSA) is 74.6 Å². The van der Waals surface area contributed by atoms with Crippen molar-refractivity contribution < 1.29 is 14.0 Å². The Morgan fingerprint density at radius 3 is 2.56 bits per heavy atom. The van der Waals surface area contributed by atoms with Gasteiger partial charge in [0.05, 0.1) is 31.1 Å². The Balaban J connectivity index is 1.79. The predicted molar refractivity (Wildman–Crippen MR) is 99.6 cm³/mol. The van der Waals surface area contributed by atoms with Gasteiger partial charge in [-0.25, -0.2) is 0 Å². The first-order chi connectivity index (χ1) is 12.0. The summed E-state index contributed by atoms with van der Waals surface area (Å²) in [5.74, 6) is 0.377. The average Bonchev–Trinajstić information content (AvgIpc) is 3.09. The molecule has 0 aliphatic heterocycles. The van der Waals surface area contributed by atoms with Gasteiger partial charge in [0.1, 0.15) is 5.76 Å². The van der Waals surface area contributed by atoms with Crippen LogP contribution in [-0.2, 0) is 9.59 Å². The zero-order valence-electron chi connectivity index (χ0n) is 14.6. The van der Waals surface area contributed by atoms with Gasteiger partial charge in [0.15, 0.2) is 0 Å². The third kappa shape index (κ3) is 5.95. The second-order valence-electron chi connectivity index (χ2n) is 5.73. The van der Waals surface area contributed by atoms with Crippen LogP contribution in [0.25, 0.3) is 0 Å². The van der Waals surface area contributed by atoms with Crippen molar-refractivity contribution in [3.63, 3.8) is 0 Å². The number of para-hydroxylation sites is 1. The number of anilines is 1. The summed E-state index contributed by atoms with van der Waals surface area (Å²) in [6.45, 7) is 2.11. The number of hydrogen-bond acceptors (Lipinski definition) is 5. The van der Waals surface area contributed by atoms with Gasteiger partial charge >= 0.3 is 0 Å². The lowest BCUT2D eigenvalue weighted by Gasteiger charge is -2.18. The van der Waals surface area contributed by atoms with E-state index < -0.39 is 0 Å². The van der Waals surface area contributed by atoms with E-state index in [0.717, 1.165) is 10.6 Å². The summed E-state index contributed by atoms with van der Waals surface area (Å²) in [6, 6.07) is 11.0. The van der Waals surface area contributed by atoms with E-state index in [1.807, 2.05) is 43.5 Å². The molecular weight excluding hydrogens is 338 g/mol. The number of nitrogens with one attached hydrogen (secondary N) is 2. The third-order valence-electron chi connectivity index (χ3n) is 3.56. The molecule has 7 heteroatoms. The standard InChI is InChI=1S/C18H23N3O3S/c1-13(15-8-6-10-24-15)19-17(22)11-21(2)12-18(23)20-14-7-4-5-9-16(14)25-3/h4-10,13H,11-12H2,1-3H3,(H,19,22)(H,20,23)/t13-/m0/s1. The summed E-state index contributed by atoms with van der Waals surface area (Å²) in [5, 5.41) is 5.73. The van der Waals surface area contributed by atoms with E-state index in [4.69, 9.17) is 4.42 Å². The van der Waals surface area contributed by atoms with Gasteiger partial charge in [-0.15, -0.1) is 11.8 Å². The zero-order chi connectivity index (χ0) is 18.2. The van der Waals surface area contributed by atoms with Crippen molar-refractivity contribution in [3.05, 3.63) is 48.4 Å². The molecule has 0 aliphatic carbocycles. The van der Waals surface area contributed by atoms with Crippen LogP contribution in [-0.4, -0.2) is 43.1 Å². The number of furan rings is 1. The Morgan fingerprint density at radius 2 is 1.88 bits per heavy atom. The van der Waals surface area contributed by atoms with Crippen molar-refractivity contribution in [1.29, 1.82) is 0 Å². The van der Waals surface area contributed by atoms with Gasteiger partial charge in [-0.1, -0.05) is 12.1 Å². The molecular formula is C18H23N3O3S. The molecule has 2 rings (SSSR count). The lowest BCUT2D eigenvalue weighted by Crippen LogP contribution is -2.39. The third-order valence-corrected chi connectivity index (χ3v) is 4.35. The Labute approximate surface area is 152 Å². The second kappa shape index (κ2) is 9.29.